The molecule has 1 saturated carbocycles. The summed E-state index contributed by atoms with van der Waals surface area (Å²) in [4.78, 5) is 0. The van der Waals surface area contributed by atoms with Gasteiger partial charge in [-0.1, -0.05) is 118 Å². The fourth-order valence-electron chi connectivity index (χ4n) is 5.35. The zero-order valence-electron chi connectivity index (χ0n) is 18.5. The molecule has 0 N–H and O–H groups in total. The second-order valence-corrected chi connectivity index (χ2v) is 9.40. The van der Waals surface area contributed by atoms with E-state index in [1.165, 1.54) is 96.3 Å². The summed E-state index contributed by atoms with van der Waals surface area (Å²) in [5.41, 5.74) is 0. The van der Waals surface area contributed by atoms with E-state index in [9.17, 15) is 0 Å². The summed E-state index contributed by atoms with van der Waals surface area (Å²) in [6.07, 6.45) is 21.9. The van der Waals surface area contributed by atoms with Crippen LogP contribution in [0.5, 0.6) is 0 Å². The maximum absolute atomic E-state index is 2.56. The minimum Gasteiger partial charge on any atom is -0.0654 e. The van der Waals surface area contributed by atoms with E-state index in [4.69, 9.17) is 0 Å². The van der Waals surface area contributed by atoms with Gasteiger partial charge < -0.3 is 0 Å². The Bertz CT molecular complexity index is 294. The summed E-state index contributed by atoms with van der Waals surface area (Å²) in [7, 11) is 0. The number of unbranched alkanes of at least 4 members (excludes halogenated alkanes) is 8. The van der Waals surface area contributed by atoms with Gasteiger partial charge in [-0.15, -0.1) is 0 Å². The van der Waals surface area contributed by atoms with Gasteiger partial charge in [0.1, 0.15) is 0 Å². The Morgan fingerprint density at radius 3 is 1.88 bits per heavy atom. The van der Waals surface area contributed by atoms with Crippen molar-refractivity contribution in [2.24, 2.45) is 29.6 Å². The normalized spacial score (nSPS) is 25.6. The number of rotatable bonds is 16. The highest BCUT2D eigenvalue weighted by Crippen LogP contribution is 2.47. The molecule has 0 nitrogen and oxygen atoms in total. The number of hydrogen-bond acceptors (Lipinski definition) is 0. The summed E-state index contributed by atoms with van der Waals surface area (Å²) in [6, 6.07) is 0. The molecule has 0 heterocycles. The Kier molecular flexibility index (Phi) is 13.0. The van der Waals surface area contributed by atoms with Crippen LogP contribution < -0.4 is 0 Å². The van der Waals surface area contributed by atoms with E-state index in [2.05, 4.69) is 34.6 Å². The lowest BCUT2D eigenvalue weighted by Crippen LogP contribution is -2.36. The van der Waals surface area contributed by atoms with Crippen molar-refractivity contribution in [3.63, 3.8) is 0 Å². The first-order valence-corrected chi connectivity index (χ1v) is 12.1. The fraction of sp³-hybridized carbons (Fsp3) is 1.00. The smallest absolute Gasteiger partial charge is 0.0380 e. The van der Waals surface area contributed by atoms with Crippen LogP contribution in [0, 0.1) is 29.6 Å². The third kappa shape index (κ3) is 8.96. The van der Waals surface area contributed by atoms with Gasteiger partial charge in [0, 0.05) is 0 Å². The van der Waals surface area contributed by atoms with Crippen molar-refractivity contribution >= 4 is 0 Å². The van der Waals surface area contributed by atoms with Crippen molar-refractivity contribution in [1.29, 1.82) is 0 Å². The molecule has 25 heavy (non-hydrogen) atoms. The molecule has 0 bridgehead atoms. The Labute approximate surface area is 160 Å². The van der Waals surface area contributed by atoms with Gasteiger partial charge in [-0.25, -0.2) is 0 Å². The van der Waals surface area contributed by atoms with Crippen LogP contribution in [0.25, 0.3) is 0 Å². The highest BCUT2D eigenvalue weighted by atomic mass is 14.4. The first-order valence-electron chi connectivity index (χ1n) is 12.1. The Balaban J connectivity index is 2.07. The molecule has 1 rings (SSSR count). The molecule has 0 aromatic rings. The van der Waals surface area contributed by atoms with Crippen molar-refractivity contribution < 1.29 is 0 Å². The summed E-state index contributed by atoms with van der Waals surface area (Å²) in [6.45, 7) is 12.2. The maximum Gasteiger partial charge on any atom is -0.0380 e. The van der Waals surface area contributed by atoms with Crippen LogP contribution in [-0.4, -0.2) is 0 Å². The van der Waals surface area contributed by atoms with Crippen molar-refractivity contribution in [2.75, 3.05) is 0 Å². The second-order valence-electron chi connectivity index (χ2n) is 9.40. The molecule has 1 fully saturated rings. The lowest BCUT2D eigenvalue weighted by molar-refractivity contribution is 0.0502. The molecule has 0 aromatic heterocycles. The van der Waals surface area contributed by atoms with E-state index in [-0.39, 0.29) is 0 Å². The molecular weight excluding hydrogens is 300 g/mol. The molecule has 0 aliphatic heterocycles. The number of hydrogen-bond donors (Lipinski definition) is 0. The molecule has 5 atom stereocenters. The van der Waals surface area contributed by atoms with Crippen LogP contribution in [0.2, 0.25) is 0 Å². The molecule has 0 amide bonds. The van der Waals surface area contributed by atoms with Crippen LogP contribution in [0.1, 0.15) is 131 Å². The molecule has 1 aliphatic carbocycles. The van der Waals surface area contributed by atoms with Gasteiger partial charge in [0.05, 0.1) is 0 Å². The molecule has 0 saturated heterocycles. The Morgan fingerprint density at radius 1 is 0.760 bits per heavy atom. The minimum absolute atomic E-state index is 0.953. The minimum atomic E-state index is 0.953. The fourth-order valence-corrected chi connectivity index (χ4v) is 5.35. The third-order valence-corrected chi connectivity index (χ3v) is 7.43. The zero-order valence-corrected chi connectivity index (χ0v) is 18.5. The van der Waals surface area contributed by atoms with E-state index in [1.807, 2.05) is 0 Å². The molecule has 0 spiro atoms. The van der Waals surface area contributed by atoms with Gasteiger partial charge in [-0.05, 0) is 42.4 Å². The standard InChI is InChI=1S/C25H50/c1-6-9-10-11-12-13-14-15-16-18-23(8-3)21(4)19-25-20-24(17-7-2)22(25)5/h21-25H,6-20H2,1-5H3. The monoisotopic (exact) mass is 350 g/mol. The van der Waals surface area contributed by atoms with Crippen molar-refractivity contribution in [1.82, 2.24) is 0 Å². The van der Waals surface area contributed by atoms with Crippen molar-refractivity contribution in [3.8, 4) is 0 Å². The van der Waals surface area contributed by atoms with Gasteiger partial charge in [-0.3, -0.25) is 0 Å². The summed E-state index contributed by atoms with van der Waals surface area (Å²) < 4.78 is 0. The highest BCUT2D eigenvalue weighted by molar-refractivity contribution is 4.87. The first kappa shape index (κ1) is 23.0. The van der Waals surface area contributed by atoms with E-state index in [0.717, 1.165) is 29.6 Å². The van der Waals surface area contributed by atoms with Crippen molar-refractivity contribution in [2.45, 2.75) is 131 Å². The van der Waals surface area contributed by atoms with Gasteiger partial charge >= 0.3 is 0 Å². The molecule has 0 aromatic carbocycles. The van der Waals surface area contributed by atoms with E-state index >= 15 is 0 Å². The van der Waals surface area contributed by atoms with Crippen molar-refractivity contribution in [3.05, 3.63) is 0 Å². The predicted octanol–water partition coefficient (Wildman–Crippen LogP) is 9.03. The van der Waals surface area contributed by atoms with E-state index in [0.29, 0.717) is 0 Å². The van der Waals surface area contributed by atoms with Crippen LogP contribution >= 0.6 is 0 Å². The maximum atomic E-state index is 2.56. The summed E-state index contributed by atoms with van der Waals surface area (Å²) in [5.74, 6) is 5.05. The molecule has 150 valence electrons. The predicted molar refractivity (Wildman–Crippen MR) is 115 cm³/mol. The SMILES string of the molecule is CCCCCCCCCCCC(CC)C(C)CC1CC(CCC)C1C. The molecular formula is C25H50. The molecule has 5 unspecified atom stereocenters. The highest BCUT2D eigenvalue weighted by Gasteiger charge is 2.37. The average Bonchev–Trinajstić information content (AvgIpc) is 2.62. The quantitative estimate of drug-likeness (QED) is 0.243. The lowest BCUT2D eigenvalue weighted by Gasteiger charge is -2.45. The largest absolute Gasteiger partial charge is 0.0654 e. The zero-order chi connectivity index (χ0) is 18.5. The first-order chi connectivity index (χ1) is 12.1. The van der Waals surface area contributed by atoms with Gasteiger partial charge in [-0.2, -0.15) is 0 Å². The molecule has 0 heteroatoms. The van der Waals surface area contributed by atoms with Gasteiger partial charge in [0.2, 0.25) is 0 Å². The van der Waals surface area contributed by atoms with E-state index in [1.54, 1.807) is 0 Å². The lowest BCUT2D eigenvalue weighted by atomic mass is 9.60. The topological polar surface area (TPSA) is 0 Å². The van der Waals surface area contributed by atoms with Gasteiger partial charge in [0.15, 0.2) is 0 Å². The van der Waals surface area contributed by atoms with Gasteiger partial charge in [0.25, 0.3) is 0 Å². The van der Waals surface area contributed by atoms with Crippen LogP contribution in [0.3, 0.4) is 0 Å². The van der Waals surface area contributed by atoms with Crippen LogP contribution in [-0.2, 0) is 0 Å². The molecule has 1 aliphatic rings. The second kappa shape index (κ2) is 14.1. The van der Waals surface area contributed by atoms with Crippen LogP contribution in [0.15, 0.2) is 0 Å². The average molecular weight is 351 g/mol. The summed E-state index contributed by atoms with van der Waals surface area (Å²) in [5, 5.41) is 0. The third-order valence-electron chi connectivity index (χ3n) is 7.43. The van der Waals surface area contributed by atoms with Crippen LogP contribution in [0.4, 0.5) is 0 Å². The Morgan fingerprint density at radius 2 is 1.36 bits per heavy atom. The summed E-state index contributed by atoms with van der Waals surface area (Å²) >= 11 is 0. The molecule has 0 radical (unpaired) electrons. The Hall–Kier alpha value is 0. The van der Waals surface area contributed by atoms with E-state index < -0.39 is 0 Å².